The summed E-state index contributed by atoms with van der Waals surface area (Å²) in [6, 6.07) is 7.72. The molecule has 5 unspecified atom stereocenters. The van der Waals surface area contributed by atoms with Crippen LogP contribution in [0.15, 0.2) is 24.3 Å². The summed E-state index contributed by atoms with van der Waals surface area (Å²) < 4.78 is 17.3. The third-order valence-corrected chi connectivity index (χ3v) is 5.66. The summed E-state index contributed by atoms with van der Waals surface area (Å²) in [7, 11) is 1.68. The van der Waals surface area contributed by atoms with Crippen LogP contribution in [0, 0.1) is 0 Å². The minimum atomic E-state index is -0.501. The first-order valence-corrected chi connectivity index (χ1v) is 9.32. The Bertz CT molecular complexity index is 578. The van der Waals surface area contributed by atoms with Gasteiger partial charge in [-0.15, -0.1) is 0 Å². The van der Waals surface area contributed by atoms with Gasteiger partial charge in [0.15, 0.2) is 6.29 Å². The van der Waals surface area contributed by atoms with E-state index in [-0.39, 0.29) is 24.5 Å². The number of nitrogens with one attached hydrogen (secondary N) is 1. The highest BCUT2D eigenvalue weighted by atomic mass is 16.7. The highest BCUT2D eigenvalue weighted by Crippen LogP contribution is 2.33. The molecular weight excluding hydrogens is 320 g/mol. The van der Waals surface area contributed by atoms with Crippen molar-refractivity contribution in [2.75, 3.05) is 26.8 Å². The lowest BCUT2D eigenvalue weighted by Gasteiger charge is -2.45. The number of aliphatic hydroxyl groups is 1. The Morgan fingerprint density at radius 2 is 2.04 bits per heavy atom. The summed E-state index contributed by atoms with van der Waals surface area (Å²) in [6.07, 6.45) is 2.72. The molecule has 3 saturated heterocycles. The van der Waals surface area contributed by atoms with Gasteiger partial charge in [0, 0.05) is 12.1 Å². The maximum Gasteiger partial charge on any atom is 0.176 e. The topological polar surface area (TPSA) is 63.2 Å². The van der Waals surface area contributed by atoms with Crippen molar-refractivity contribution in [3.05, 3.63) is 29.8 Å². The first kappa shape index (κ1) is 17.2. The van der Waals surface area contributed by atoms with Crippen LogP contribution in [0.2, 0.25) is 0 Å². The van der Waals surface area contributed by atoms with E-state index in [0.717, 1.165) is 24.4 Å². The fourth-order valence-corrected chi connectivity index (χ4v) is 4.33. The number of ether oxygens (including phenoxy) is 3. The van der Waals surface area contributed by atoms with E-state index in [9.17, 15) is 5.11 Å². The second kappa shape index (κ2) is 7.60. The molecule has 0 aliphatic carbocycles. The minimum absolute atomic E-state index is 0.0887. The standard InChI is InChI=1S/C19H28N2O4/c1-23-14-8-4-3-7-13(14)11-20-16-15-12-24-19(25-15)17(18(16)22)21-9-5-2-6-10-21/h3-4,7-8,15-20,22H,2,5-6,9-12H2,1H3. The first-order chi connectivity index (χ1) is 12.3. The van der Waals surface area contributed by atoms with Crippen LogP contribution < -0.4 is 10.1 Å². The molecule has 1 aromatic carbocycles. The van der Waals surface area contributed by atoms with Crippen molar-refractivity contribution in [3.63, 3.8) is 0 Å². The molecular formula is C19H28N2O4. The number of hydrogen-bond acceptors (Lipinski definition) is 6. The van der Waals surface area contributed by atoms with E-state index in [4.69, 9.17) is 14.2 Å². The van der Waals surface area contributed by atoms with Gasteiger partial charge in [-0.3, -0.25) is 4.90 Å². The van der Waals surface area contributed by atoms with E-state index in [1.165, 1.54) is 19.3 Å². The Labute approximate surface area is 149 Å². The summed E-state index contributed by atoms with van der Waals surface area (Å²) in [5, 5.41) is 14.6. The highest BCUT2D eigenvalue weighted by molar-refractivity contribution is 5.33. The predicted molar refractivity (Wildman–Crippen MR) is 93.5 cm³/mol. The van der Waals surface area contributed by atoms with Crippen LogP contribution in [0.3, 0.4) is 0 Å². The zero-order valence-corrected chi connectivity index (χ0v) is 14.8. The molecule has 3 fully saturated rings. The summed E-state index contributed by atoms with van der Waals surface area (Å²) in [4.78, 5) is 2.35. The fraction of sp³-hybridized carbons (Fsp3) is 0.684. The van der Waals surface area contributed by atoms with Crippen LogP contribution in [0.25, 0.3) is 0 Å². The molecule has 5 atom stereocenters. The van der Waals surface area contributed by atoms with E-state index in [1.807, 2.05) is 24.3 Å². The van der Waals surface area contributed by atoms with Crippen molar-refractivity contribution < 1.29 is 19.3 Å². The Balaban J connectivity index is 1.46. The summed E-state index contributed by atoms with van der Waals surface area (Å²) in [5.74, 6) is 0.856. The van der Waals surface area contributed by atoms with Crippen LogP contribution in [-0.4, -0.2) is 67.4 Å². The summed E-state index contributed by atoms with van der Waals surface area (Å²) >= 11 is 0. The number of para-hydroxylation sites is 1. The predicted octanol–water partition coefficient (Wildman–Crippen LogP) is 1.12. The lowest BCUT2D eigenvalue weighted by atomic mass is 9.93. The number of rotatable bonds is 5. The van der Waals surface area contributed by atoms with Gasteiger partial charge in [0.1, 0.15) is 11.9 Å². The highest BCUT2D eigenvalue weighted by Gasteiger charge is 2.51. The van der Waals surface area contributed by atoms with Gasteiger partial charge in [-0.2, -0.15) is 0 Å². The molecule has 4 rings (SSSR count). The van der Waals surface area contributed by atoms with E-state index < -0.39 is 6.10 Å². The average molecular weight is 348 g/mol. The molecule has 2 N–H and O–H groups in total. The molecule has 3 aliphatic heterocycles. The fourth-order valence-electron chi connectivity index (χ4n) is 4.33. The first-order valence-electron chi connectivity index (χ1n) is 9.32. The monoisotopic (exact) mass is 348 g/mol. The second-order valence-electron chi connectivity index (χ2n) is 7.17. The van der Waals surface area contributed by atoms with Crippen molar-refractivity contribution in [2.24, 2.45) is 0 Å². The maximum absolute atomic E-state index is 11.1. The van der Waals surface area contributed by atoms with Crippen LogP contribution in [0.4, 0.5) is 0 Å². The number of hydrogen-bond donors (Lipinski definition) is 2. The van der Waals surface area contributed by atoms with Gasteiger partial charge in [0.25, 0.3) is 0 Å². The number of nitrogens with zero attached hydrogens (tertiary/aromatic N) is 1. The lowest BCUT2D eigenvalue weighted by molar-refractivity contribution is -0.184. The van der Waals surface area contributed by atoms with Crippen LogP contribution in [0.5, 0.6) is 5.75 Å². The molecule has 25 heavy (non-hydrogen) atoms. The zero-order chi connectivity index (χ0) is 17.2. The van der Waals surface area contributed by atoms with Crippen LogP contribution in [0.1, 0.15) is 24.8 Å². The summed E-state index contributed by atoms with van der Waals surface area (Å²) in [5.41, 5.74) is 1.08. The average Bonchev–Trinajstić information content (AvgIpc) is 3.08. The van der Waals surface area contributed by atoms with Gasteiger partial charge in [-0.1, -0.05) is 24.6 Å². The van der Waals surface area contributed by atoms with E-state index in [2.05, 4.69) is 10.2 Å². The third kappa shape index (κ3) is 3.41. The normalized spacial score (nSPS) is 35.7. The lowest BCUT2D eigenvalue weighted by Crippen LogP contribution is -2.64. The minimum Gasteiger partial charge on any atom is -0.496 e. The number of aliphatic hydroxyl groups excluding tert-OH is 1. The number of fused-ring (bicyclic) bond motifs is 2. The summed E-state index contributed by atoms with van der Waals surface area (Å²) in [6.45, 7) is 3.18. The third-order valence-electron chi connectivity index (χ3n) is 5.66. The van der Waals surface area contributed by atoms with Gasteiger partial charge < -0.3 is 24.6 Å². The van der Waals surface area contributed by atoms with Crippen molar-refractivity contribution >= 4 is 0 Å². The van der Waals surface area contributed by atoms with Crippen molar-refractivity contribution in [2.45, 2.75) is 56.4 Å². The van der Waals surface area contributed by atoms with Crippen molar-refractivity contribution in [1.29, 1.82) is 0 Å². The maximum atomic E-state index is 11.1. The second-order valence-corrected chi connectivity index (χ2v) is 7.17. The molecule has 0 spiro atoms. The van der Waals surface area contributed by atoms with Gasteiger partial charge in [-0.25, -0.2) is 0 Å². The molecule has 138 valence electrons. The van der Waals surface area contributed by atoms with Crippen LogP contribution >= 0.6 is 0 Å². The van der Waals surface area contributed by atoms with Gasteiger partial charge in [0.05, 0.1) is 31.9 Å². The smallest absolute Gasteiger partial charge is 0.176 e. The molecule has 2 bridgehead atoms. The molecule has 6 nitrogen and oxygen atoms in total. The van der Waals surface area contributed by atoms with E-state index >= 15 is 0 Å². The largest absolute Gasteiger partial charge is 0.496 e. The molecule has 0 aromatic heterocycles. The molecule has 6 heteroatoms. The SMILES string of the molecule is COc1ccccc1CNC1C2COC(O2)C(N2CCCCC2)C1O. The van der Waals surface area contributed by atoms with Crippen molar-refractivity contribution in [1.82, 2.24) is 10.2 Å². The molecule has 0 saturated carbocycles. The zero-order valence-electron chi connectivity index (χ0n) is 14.8. The van der Waals surface area contributed by atoms with Gasteiger partial charge >= 0.3 is 0 Å². The Morgan fingerprint density at radius 1 is 1.24 bits per heavy atom. The molecule has 0 amide bonds. The molecule has 1 aromatic rings. The van der Waals surface area contributed by atoms with Gasteiger partial charge in [-0.05, 0) is 32.0 Å². The van der Waals surface area contributed by atoms with E-state index in [0.29, 0.717) is 13.2 Å². The molecule has 0 radical (unpaired) electrons. The van der Waals surface area contributed by atoms with E-state index in [1.54, 1.807) is 7.11 Å². The Morgan fingerprint density at radius 3 is 2.84 bits per heavy atom. The number of benzene rings is 1. The van der Waals surface area contributed by atoms with Gasteiger partial charge in [0.2, 0.25) is 0 Å². The Kier molecular flexibility index (Phi) is 5.24. The number of likely N-dealkylation sites (tertiary alicyclic amines) is 1. The van der Waals surface area contributed by atoms with Crippen molar-refractivity contribution in [3.8, 4) is 5.75 Å². The van der Waals surface area contributed by atoms with Crippen LogP contribution in [-0.2, 0) is 16.0 Å². The Hall–Kier alpha value is -1.18. The number of methoxy groups -OCH3 is 1. The molecule has 3 heterocycles. The quantitative estimate of drug-likeness (QED) is 0.832. The molecule has 3 aliphatic rings. The number of piperidine rings is 1.